The fourth-order valence-electron chi connectivity index (χ4n) is 3.30. The molecule has 1 heterocycles. The van der Waals surface area contributed by atoms with Gasteiger partial charge in [0.1, 0.15) is 11.6 Å². The molecule has 1 aromatic heterocycles. The third-order valence-electron chi connectivity index (χ3n) is 4.80. The van der Waals surface area contributed by atoms with Crippen LogP contribution in [0.3, 0.4) is 0 Å². The van der Waals surface area contributed by atoms with Crippen molar-refractivity contribution in [1.82, 2.24) is 9.78 Å². The Morgan fingerprint density at radius 1 is 1.25 bits per heavy atom. The van der Waals surface area contributed by atoms with E-state index in [1.807, 2.05) is 0 Å². The summed E-state index contributed by atoms with van der Waals surface area (Å²) < 4.78 is 84.1. The molecule has 0 aliphatic rings. The number of ether oxygens (including phenoxy) is 1. The van der Waals surface area contributed by atoms with Gasteiger partial charge in [0.25, 0.3) is 5.91 Å². The molecule has 12 heteroatoms. The monoisotopic (exact) mass is 529 g/mol. The number of carbonyl (C=O) groups excluding carboxylic acids is 2. The molecule has 3 rings (SSSR count). The van der Waals surface area contributed by atoms with Gasteiger partial charge in [-0.2, -0.15) is 18.3 Å². The average molecular weight is 530 g/mol. The maximum atomic E-state index is 14.5. The van der Waals surface area contributed by atoms with Crippen LogP contribution in [0.5, 0.6) is 5.75 Å². The SMILES string of the molecule is [2H]C([2H])([2H])N(C(=O)c1c(F)cccc1Cl)c1ccc(-c2cc(NC(C)=O)nn2C(C)C)cc1OCC(F)(F)F. The van der Waals surface area contributed by atoms with Crippen LogP contribution < -0.4 is 15.0 Å². The maximum absolute atomic E-state index is 14.5. The summed E-state index contributed by atoms with van der Waals surface area (Å²) in [5, 5.41) is 6.40. The third kappa shape index (κ3) is 6.14. The summed E-state index contributed by atoms with van der Waals surface area (Å²) in [6.07, 6.45) is -4.81. The van der Waals surface area contributed by atoms with Gasteiger partial charge in [0.2, 0.25) is 5.91 Å². The first-order chi connectivity index (χ1) is 18.0. The first-order valence-corrected chi connectivity index (χ1v) is 10.9. The van der Waals surface area contributed by atoms with Gasteiger partial charge in [-0.25, -0.2) is 4.39 Å². The summed E-state index contributed by atoms with van der Waals surface area (Å²) in [6.45, 7) is -0.270. The molecule has 7 nitrogen and oxygen atoms in total. The molecule has 0 unspecified atom stereocenters. The van der Waals surface area contributed by atoms with Gasteiger partial charge < -0.3 is 15.0 Å². The van der Waals surface area contributed by atoms with Gasteiger partial charge in [-0.1, -0.05) is 23.7 Å². The molecule has 1 N–H and O–H groups in total. The van der Waals surface area contributed by atoms with E-state index in [0.29, 0.717) is 5.69 Å². The van der Waals surface area contributed by atoms with E-state index in [2.05, 4.69) is 10.4 Å². The Kier molecular flexibility index (Phi) is 6.70. The largest absolute Gasteiger partial charge is 0.482 e. The van der Waals surface area contributed by atoms with E-state index in [0.717, 1.165) is 18.2 Å². The Morgan fingerprint density at radius 3 is 2.56 bits per heavy atom. The molecule has 192 valence electrons. The van der Waals surface area contributed by atoms with Gasteiger partial charge in [-0.15, -0.1) is 0 Å². The number of benzene rings is 2. The van der Waals surface area contributed by atoms with E-state index >= 15 is 0 Å². The number of aromatic nitrogens is 2. The minimum absolute atomic E-state index is 0.148. The molecule has 0 atom stereocenters. The second-order valence-electron chi connectivity index (χ2n) is 7.96. The number of hydrogen-bond acceptors (Lipinski definition) is 4. The number of rotatable bonds is 7. The Labute approximate surface area is 213 Å². The standard InChI is InChI=1S/C24H23ClF4N4O3/c1-13(2)33-19(11-21(31-33)30-14(3)34)15-8-9-18(20(10-15)36-12-24(27,28)29)32(4)23(35)22-16(25)6-5-7-17(22)26/h5-11,13H,12H2,1-4H3,(H,30,31,34)/i4D3. The zero-order valence-corrected chi connectivity index (χ0v) is 20.0. The Balaban J connectivity index is 2.23. The Hall–Kier alpha value is -3.60. The lowest BCUT2D eigenvalue weighted by Gasteiger charge is -2.23. The molecule has 0 fully saturated rings. The summed E-state index contributed by atoms with van der Waals surface area (Å²) in [4.78, 5) is 25.0. The van der Waals surface area contributed by atoms with Gasteiger partial charge >= 0.3 is 6.18 Å². The van der Waals surface area contributed by atoms with E-state index in [9.17, 15) is 27.2 Å². The van der Waals surface area contributed by atoms with Crippen molar-refractivity contribution in [2.45, 2.75) is 33.0 Å². The molecule has 0 radical (unpaired) electrons. The number of nitrogens with one attached hydrogen (secondary N) is 1. The van der Waals surface area contributed by atoms with Crippen LogP contribution >= 0.6 is 11.6 Å². The zero-order valence-electron chi connectivity index (χ0n) is 22.3. The second kappa shape index (κ2) is 10.6. The van der Waals surface area contributed by atoms with E-state index in [4.69, 9.17) is 20.5 Å². The van der Waals surface area contributed by atoms with Crippen LogP contribution in [0.2, 0.25) is 5.02 Å². The third-order valence-corrected chi connectivity index (χ3v) is 5.11. The zero-order chi connectivity index (χ0) is 29.3. The lowest BCUT2D eigenvalue weighted by Crippen LogP contribution is -2.28. The highest BCUT2D eigenvalue weighted by Crippen LogP contribution is 2.37. The van der Waals surface area contributed by atoms with Crippen LogP contribution in [0.4, 0.5) is 29.1 Å². The highest BCUT2D eigenvalue weighted by Gasteiger charge is 2.30. The highest BCUT2D eigenvalue weighted by molar-refractivity contribution is 6.34. The quantitative estimate of drug-likeness (QED) is 0.375. The van der Waals surface area contributed by atoms with E-state index in [1.165, 1.54) is 35.9 Å². The van der Waals surface area contributed by atoms with Gasteiger partial charge in [0.15, 0.2) is 12.4 Å². The van der Waals surface area contributed by atoms with Crippen molar-refractivity contribution in [3.8, 4) is 17.0 Å². The van der Waals surface area contributed by atoms with Crippen LogP contribution in [-0.2, 0) is 4.79 Å². The number of carbonyl (C=O) groups is 2. The topological polar surface area (TPSA) is 76.5 Å². The first kappa shape index (κ1) is 22.8. The number of alkyl halides is 3. The van der Waals surface area contributed by atoms with Crippen LogP contribution in [0.15, 0.2) is 42.5 Å². The summed E-state index contributed by atoms with van der Waals surface area (Å²) in [5.74, 6) is -3.40. The van der Waals surface area contributed by atoms with Crippen molar-refractivity contribution in [1.29, 1.82) is 0 Å². The highest BCUT2D eigenvalue weighted by atomic mass is 35.5. The van der Waals surface area contributed by atoms with Crippen molar-refractivity contribution in [3.63, 3.8) is 0 Å². The molecule has 0 spiro atoms. The number of amides is 2. The number of anilines is 2. The average Bonchev–Trinajstić information content (AvgIpc) is 3.20. The van der Waals surface area contributed by atoms with Crippen molar-refractivity contribution < 1.29 is 36.0 Å². The number of halogens is 5. The molecular formula is C24H23ClF4N4O3. The minimum atomic E-state index is -4.81. The maximum Gasteiger partial charge on any atom is 0.422 e. The van der Waals surface area contributed by atoms with Crippen molar-refractivity contribution >= 4 is 34.9 Å². The predicted molar refractivity (Wildman–Crippen MR) is 128 cm³/mol. The van der Waals surface area contributed by atoms with E-state index in [-0.39, 0.29) is 22.3 Å². The Bertz CT molecular complexity index is 1370. The molecule has 3 aromatic rings. The Morgan fingerprint density at radius 2 is 1.97 bits per heavy atom. The van der Waals surface area contributed by atoms with Gasteiger partial charge in [0, 0.05) is 35.7 Å². The first-order valence-electron chi connectivity index (χ1n) is 12.0. The molecule has 0 bridgehead atoms. The van der Waals surface area contributed by atoms with Crippen molar-refractivity contribution in [3.05, 3.63) is 58.9 Å². The molecule has 0 saturated heterocycles. The predicted octanol–water partition coefficient (Wildman–Crippen LogP) is 6.10. The van der Waals surface area contributed by atoms with Crippen LogP contribution in [0.1, 0.15) is 41.3 Å². The number of hydrogen-bond donors (Lipinski definition) is 1. The van der Waals surface area contributed by atoms with Gasteiger partial charge in [-0.05, 0) is 38.1 Å². The van der Waals surface area contributed by atoms with Crippen LogP contribution in [0.25, 0.3) is 11.3 Å². The summed E-state index contributed by atoms with van der Waals surface area (Å²) in [5.41, 5.74) is -0.777. The molecule has 36 heavy (non-hydrogen) atoms. The molecule has 0 aliphatic heterocycles. The fourth-order valence-corrected chi connectivity index (χ4v) is 3.55. The molecule has 0 saturated carbocycles. The summed E-state index contributed by atoms with van der Waals surface area (Å²) in [7, 11) is 0. The van der Waals surface area contributed by atoms with Crippen molar-refractivity contribution in [2.24, 2.45) is 0 Å². The van der Waals surface area contributed by atoms with Crippen LogP contribution in [0, 0.1) is 5.82 Å². The van der Waals surface area contributed by atoms with E-state index in [1.54, 1.807) is 13.8 Å². The fraction of sp³-hybridized carbons (Fsp3) is 0.292. The van der Waals surface area contributed by atoms with Crippen molar-refractivity contribution in [2.75, 3.05) is 23.8 Å². The lowest BCUT2D eigenvalue weighted by molar-refractivity contribution is -0.153. The molecular weight excluding hydrogens is 504 g/mol. The molecule has 2 amide bonds. The van der Waals surface area contributed by atoms with E-state index < -0.39 is 59.4 Å². The second-order valence-corrected chi connectivity index (χ2v) is 8.37. The summed E-state index contributed by atoms with van der Waals surface area (Å²) >= 11 is 5.97. The van der Waals surface area contributed by atoms with Gasteiger partial charge in [-0.3, -0.25) is 14.3 Å². The van der Waals surface area contributed by atoms with Crippen LogP contribution in [-0.4, -0.2) is 41.4 Å². The van der Waals surface area contributed by atoms with Gasteiger partial charge in [0.05, 0.1) is 22.0 Å². The smallest absolute Gasteiger partial charge is 0.422 e. The number of nitrogens with zero attached hydrogens (tertiary/aromatic N) is 3. The summed E-state index contributed by atoms with van der Waals surface area (Å²) in [6, 6.07) is 7.96. The molecule has 0 aliphatic carbocycles. The minimum Gasteiger partial charge on any atom is -0.482 e. The lowest BCUT2D eigenvalue weighted by atomic mass is 10.1. The molecule has 2 aromatic carbocycles. The normalized spacial score (nSPS) is 13.1.